The van der Waals surface area contributed by atoms with E-state index in [2.05, 4.69) is 21.4 Å². The van der Waals surface area contributed by atoms with Gasteiger partial charge in [0.15, 0.2) is 5.16 Å². The van der Waals surface area contributed by atoms with E-state index in [9.17, 15) is 5.26 Å². The van der Waals surface area contributed by atoms with Gasteiger partial charge in [0.25, 0.3) is 0 Å². The van der Waals surface area contributed by atoms with Crippen molar-refractivity contribution >= 4 is 11.8 Å². The first kappa shape index (κ1) is 11.1. The van der Waals surface area contributed by atoms with E-state index in [1.165, 1.54) is 25.7 Å². The standard InChI is InChI=1S/C12H16N4S/c13-7-12(9-1-2-9,16-10-3-4-10)8-17-11-14-5-6-15-11/h5-6,9-10,16H,1-4,8H2,(H,14,15). The van der Waals surface area contributed by atoms with Gasteiger partial charge in [-0.2, -0.15) is 5.26 Å². The minimum Gasteiger partial charge on any atom is -0.340 e. The summed E-state index contributed by atoms with van der Waals surface area (Å²) < 4.78 is 0. The number of nitrogens with one attached hydrogen (secondary N) is 2. The molecule has 1 heterocycles. The molecule has 2 fully saturated rings. The molecule has 0 spiro atoms. The Balaban J connectivity index is 1.67. The van der Waals surface area contributed by atoms with Crippen LogP contribution in [-0.4, -0.2) is 27.3 Å². The molecule has 2 saturated carbocycles. The van der Waals surface area contributed by atoms with Gasteiger partial charge < -0.3 is 4.98 Å². The minimum atomic E-state index is -0.335. The number of hydrogen-bond donors (Lipinski definition) is 2. The summed E-state index contributed by atoms with van der Waals surface area (Å²) in [5, 5.41) is 14.0. The van der Waals surface area contributed by atoms with Crippen LogP contribution in [0.4, 0.5) is 0 Å². The zero-order chi connectivity index (χ0) is 11.7. The van der Waals surface area contributed by atoms with E-state index in [-0.39, 0.29) is 5.54 Å². The third-order valence-electron chi connectivity index (χ3n) is 3.42. The molecule has 1 aromatic rings. The van der Waals surface area contributed by atoms with E-state index >= 15 is 0 Å². The molecule has 5 heteroatoms. The van der Waals surface area contributed by atoms with E-state index in [1.807, 2.05) is 6.20 Å². The van der Waals surface area contributed by atoms with Gasteiger partial charge in [-0.1, -0.05) is 11.8 Å². The summed E-state index contributed by atoms with van der Waals surface area (Å²) in [6.45, 7) is 0. The maximum Gasteiger partial charge on any atom is 0.165 e. The van der Waals surface area contributed by atoms with Crippen LogP contribution in [0, 0.1) is 17.2 Å². The Morgan fingerprint density at radius 2 is 2.35 bits per heavy atom. The summed E-state index contributed by atoms with van der Waals surface area (Å²) in [5.74, 6) is 1.33. The summed E-state index contributed by atoms with van der Waals surface area (Å²) in [6.07, 6.45) is 8.39. The molecule has 0 radical (unpaired) electrons. The number of aromatic amines is 1. The largest absolute Gasteiger partial charge is 0.340 e. The minimum absolute atomic E-state index is 0.335. The zero-order valence-electron chi connectivity index (χ0n) is 9.65. The van der Waals surface area contributed by atoms with Crippen molar-refractivity contribution in [2.45, 2.75) is 42.4 Å². The molecular formula is C12H16N4S. The van der Waals surface area contributed by atoms with E-state index in [1.54, 1.807) is 18.0 Å². The predicted octanol–water partition coefficient (Wildman–Crippen LogP) is 1.93. The van der Waals surface area contributed by atoms with Crippen molar-refractivity contribution in [1.82, 2.24) is 15.3 Å². The number of imidazole rings is 1. The van der Waals surface area contributed by atoms with Crippen molar-refractivity contribution in [2.75, 3.05) is 5.75 Å². The molecule has 90 valence electrons. The Kier molecular flexibility index (Phi) is 2.85. The summed E-state index contributed by atoms with van der Waals surface area (Å²) >= 11 is 1.65. The molecule has 2 aliphatic rings. The smallest absolute Gasteiger partial charge is 0.165 e. The molecule has 3 rings (SSSR count). The number of hydrogen-bond acceptors (Lipinski definition) is 4. The Bertz CT molecular complexity index is 416. The Morgan fingerprint density at radius 3 is 2.88 bits per heavy atom. The van der Waals surface area contributed by atoms with Crippen molar-refractivity contribution in [1.29, 1.82) is 5.26 Å². The molecule has 1 unspecified atom stereocenters. The molecule has 1 aromatic heterocycles. The first-order chi connectivity index (χ1) is 8.32. The SMILES string of the molecule is N#CC(CSc1ncc[nH]1)(NC1CC1)C1CC1. The fourth-order valence-corrected chi connectivity index (χ4v) is 3.15. The molecule has 4 nitrogen and oxygen atoms in total. The predicted molar refractivity (Wildman–Crippen MR) is 66.5 cm³/mol. The summed E-state index contributed by atoms with van der Waals surface area (Å²) in [5.41, 5.74) is -0.335. The van der Waals surface area contributed by atoms with Crippen LogP contribution in [0.3, 0.4) is 0 Å². The van der Waals surface area contributed by atoms with E-state index < -0.39 is 0 Å². The fourth-order valence-electron chi connectivity index (χ4n) is 2.11. The second-order valence-corrected chi connectivity index (χ2v) is 5.92. The maximum absolute atomic E-state index is 9.54. The van der Waals surface area contributed by atoms with Gasteiger partial charge in [-0.05, 0) is 31.6 Å². The average Bonchev–Trinajstić information content (AvgIpc) is 3.26. The summed E-state index contributed by atoms with van der Waals surface area (Å²) in [6, 6.07) is 3.11. The van der Waals surface area contributed by atoms with Crippen LogP contribution in [0.25, 0.3) is 0 Å². The maximum atomic E-state index is 9.54. The first-order valence-corrected chi connectivity index (χ1v) is 7.12. The highest BCUT2D eigenvalue weighted by molar-refractivity contribution is 7.99. The number of H-pyrrole nitrogens is 1. The fraction of sp³-hybridized carbons (Fsp3) is 0.667. The van der Waals surface area contributed by atoms with Crippen LogP contribution < -0.4 is 5.32 Å². The normalized spacial score (nSPS) is 23.0. The lowest BCUT2D eigenvalue weighted by Crippen LogP contribution is -2.49. The third-order valence-corrected chi connectivity index (χ3v) is 4.52. The highest BCUT2D eigenvalue weighted by atomic mass is 32.2. The molecule has 0 aromatic carbocycles. The highest BCUT2D eigenvalue weighted by Gasteiger charge is 2.48. The van der Waals surface area contributed by atoms with Crippen molar-refractivity contribution in [3.05, 3.63) is 12.4 Å². The molecular weight excluding hydrogens is 232 g/mol. The van der Waals surface area contributed by atoms with Gasteiger partial charge in [-0.3, -0.25) is 5.32 Å². The molecule has 0 saturated heterocycles. The molecule has 1 atom stereocenters. The third kappa shape index (κ3) is 2.48. The number of rotatable bonds is 6. The van der Waals surface area contributed by atoms with Crippen LogP contribution in [-0.2, 0) is 0 Å². The second kappa shape index (κ2) is 4.35. The van der Waals surface area contributed by atoms with Crippen LogP contribution in [0.15, 0.2) is 17.6 Å². The number of nitrogens with zero attached hydrogens (tertiary/aromatic N) is 2. The highest BCUT2D eigenvalue weighted by Crippen LogP contribution is 2.43. The van der Waals surface area contributed by atoms with Crippen LogP contribution in [0.2, 0.25) is 0 Å². The lowest BCUT2D eigenvalue weighted by atomic mass is 9.97. The zero-order valence-corrected chi connectivity index (χ0v) is 10.5. The van der Waals surface area contributed by atoms with E-state index in [0.29, 0.717) is 12.0 Å². The van der Waals surface area contributed by atoms with Gasteiger partial charge >= 0.3 is 0 Å². The van der Waals surface area contributed by atoms with Gasteiger partial charge in [0.2, 0.25) is 0 Å². The summed E-state index contributed by atoms with van der Waals surface area (Å²) in [4.78, 5) is 7.28. The van der Waals surface area contributed by atoms with Gasteiger partial charge in [-0.15, -0.1) is 0 Å². The van der Waals surface area contributed by atoms with Crippen LogP contribution in [0.5, 0.6) is 0 Å². The molecule has 0 amide bonds. The molecule has 0 aliphatic heterocycles. The van der Waals surface area contributed by atoms with Gasteiger partial charge in [-0.25, -0.2) is 4.98 Å². The number of nitriles is 1. The van der Waals surface area contributed by atoms with Gasteiger partial charge in [0, 0.05) is 24.2 Å². The van der Waals surface area contributed by atoms with Gasteiger partial charge in [0.05, 0.1) is 6.07 Å². The van der Waals surface area contributed by atoms with Gasteiger partial charge in [0.1, 0.15) is 5.54 Å². The van der Waals surface area contributed by atoms with Crippen molar-refractivity contribution < 1.29 is 0 Å². The monoisotopic (exact) mass is 248 g/mol. The quantitative estimate of drug-likeness (QED) is 0.755. The molecule has 0 bridgehead atoms. The summed E-state index contributed by atoms with van der Waals surface area (Å²) in [7, 11) is 0. The Hall–Kier alpha value is -0.990. The number of thioether (sulfide) groups is 1. The molecule has 2 aliphatic carbocycles. The Morgan fingerprint density at radius 1 is 1.53 bits per heavy atom. The Labute approximate surface area is 105 Å². The van der Waals surface area contributed by atoms with Crippen molar-refractivity contribution in [2.24, 2.45) is 5.92 Å². The van der Waals surface area contributed by atoms with Crippen LogP contribution in [0.1, 0.15) is 25.7 Å². The molecule has 17 heavy (non-hydrogen) atoms. The molecule has 2 N–H and O–H groups in total. The van der Waals surface area contributed by atoms with Crippen LogP contribution >= 0.6 is 11.8 Å². The lowest BCUT2D eigenvalue weighted by Gasteiger charge is -2.27. The van der Waals surface area contributed by atoms with E-state index in [4.69, 9.17) is 0 Å². The van der Waals surface area contributed by atoms with E-state index in [0.717, 1.165) is 10.9 Å². The average molecular weight is 248 g/mol. The number of aromatic nitrogens is 2. The van der Waals surface area contributed by atoms with Crippen molar-refractivity contribution in [3.8, 4) is 6.07 Å². The topological polar surface area (TPSA) is 64.5 Å². The first-order valence-electron chi connectivity index (χ1n) is 6.13. The van der Waals surface area contributed by atoms with Crippen molar-refractivity contribution in [3.63, 3.8) is 0 Å². The lowest BCUT2D eigenvalue weighted by molar-refractivity contribution is 0.401. The second-order valence-electron chi connectivity index (χ2n) is 4.96.